The molecule has 0 unspecified atom stereocenters. The van der Waals surface area contributed by atoms with E-state index >= 15 is 0 Å². The van der Waals surface area contributed by atoms with Crippen LogP contribution in [0.1, 0.15) is 30.6 Å². The zero-order valence-electron chi connectivity index (χ0n) is 13.6. The second-order valence-corrected chi connectivity index (χ2v) is 5.23. The maximum atomic E-state index is 11.8. The molecule has 0 radical (unpaired) electrons. The number of carbonyl (C=O) groups is 2. The van der Waals surface area contributed by atoms with Crippen LogP contribution in [0.15, 0.2) is 18.2 Å². The number of nitrogens with zero attached hydrogens (tertiary/aromatic N) is 1. The van der Waals surface area contributed by atoms with Gasteiger partial charge in [0.1, 0.15) is 5.69 Å². The summed E-state index contributed by atoms with van der Waals surface area (Å²) in [6.45, 7) is 4.28. The van der Waals surface area contributed by atoms with Crippen LogP contribution in [0.25, 0.3) is 0 Å². The number of nitro benzene ring substituents is 1. The number of amides is 1. The van der Waals surface area contributed by atoms with Crippen LogP contribution in [0.5, 0.6) is 0 Å². The molecule has 1 amide bonds. The standard InChI is InChI=1S/C15H21N3O6/c1-10(2)23-7-3-6-17-14(19)9-24-15(20)11-4-5-12(16)13(8-11)18(21)22/h4-5,8,10H,3,6-7,9,16H2,1-2H3,(H,17,19). The molecule has 0 spiro atoms. The van der Waals surface area contributed by atoms with Crippen molar-refractivity contribution in [2.24, 2.45) is 0 Å². The Morgan fingerprint density at radius 2 is 2.08 bits per heavy atom. The van der Waals surface area contributed by atoms with E-state index in [1.165, 1.54) is 12.1 Å². The summed E-state index contributed by atoms with van der Waals surface area (Å²) in [6.07, 6.45) is 0.771. The van der Waals surface area contributed by atoms with Crippen LogP contribution < -0.4 is 11.1 Å². The Bertz CT molecular complexity index is 603. The van der Waals surface area contributed by atoms with Gasteiger partial charge in [0.2, 0.25) is 0 Å². The highest BCUT2D eigenvalue weighted by atomic mass is 16.6. The second kappa shape index (κ2) is 9.46. The van der Waals surface area contributed by atoms with Crippen LogP contribution in [0.2, 0.25) is 0 Å². The van der Waals surface area contributed by atoms with E-state index < -0.39 is 23.4 Å². The molecule has 0 aliphatic rings. The summed E-state index contributed by atoms with van der Waals surface area (Å²) < 4.78 is 10.1. The number of carbonyl (C=O) groups excluding carboxylic acids is 2. The number of nitrogens with two attached hydrogens (primary N) is 1. The molecule has 9 heteroatoms. The quantitative estimate of drug-likeness (QED) is 0.227. The largest absolute Gasteiger partial charge is 0.452 e. The van der Waals surface area contributed by atoms with E-state index in [2.05, 4.69) is 5.32 Å². The minimum absolute atomic E-state index is 0.0472. The maximum Gasteiger partial charge on any atom is 0.338 e. The molecular formula is C15H21N3O6. The van der Waals surface area contributed by atoms with Gasteiger partial charge in [0, 0.05) is 19.2 Å². The fraction of sp³-hybridized carbons (Fsp3) is 0.467. The van der Waals surface area contributed by atoms with E-state index in [0.29, 0.717) is 19.6 Å². The highest BCUT2D eigenvalue weighted by molar-refractivity contribution is 5.92. The van der Waals surface area contributed by atoms with Crippen molar-refractivity contribution >= 4 is 23.3 Å². The minimum Gasteiger partial charge on any atom is -0.452 e. The third-order valence-electron chi connectivity index (χ3n) is 2.89. The van der Waals surface area contributed by atoms with Gasteiger partial charge in [0.15, 0.2) is 6.61 Å². The van der Waals surface area contributed by atoms with Gasteiger partial charge >= 0.3 is 5.97 Å². The van der Waals surface area contributed by atoms with Gasteiger partial charge in [0.05, 0.1) is 16.6 Å². The van der Waals surface area contributed by atoms with Crippen molar-refractivity contribution in [1.82, 2.24) is 5.32 Å². The van der Waals surface area contributed by atoms with E-state index in [4.69, 9.17) is 15.2 Å². The Kier molecular flexibility index (Phi) is 7.63. The third kappa shape index (κ3) is 6.61. The molecule has 0 atom stereocenters. The van der Waals surface area contributed by atoms with E-state index in [0.717, 1.165) is 6.07 Å². The lowest BCUT2D eigenvalue weighted by Crippen LogP contribution is -2.30. The lowest BCUT2D eigenvalue weighted by molar-refractivity contribution is -0.383. The number of ether oxygens (including phenoxy) is 2. The SMILES string of the molecule is CC(C)OCCCNC(=O)COC(=O)c1ccc(N)c([N+](=O)[O-])c1. The topological polar surface area (TPSA) is 134 Å². The van der Waals surface area contributed by atoms with Crippen LogP contribution in [0, 0.1) is 10.1 Å². The normalized spacial score (nSPS) is 10.5. The van der Waals surface area contributed by atoms with Crippen molar-refractivity contribution in [2.75, 3.05) is 25.5 Å². The molecule has 1 aromatic rings. The Hall–Kier alpha value is -2.68. The summed E-state index contributed by atoms with van der Waals surface area (Å²) >= 11 is 0. The molecule has 0 saturated carbocycles. The van der Waals surface area contributed by atoms with E-state index in [-0.39, 0.29) is 23.0 Å². The lowest BCUT2D eigenvalue weighted by atomic mass is 10.2. The fourth-order valence-corrected chi connectivity index (χ4v) is 1.71. The average molecular weight is 339 g/mol. The maximum absolute atomic E-state index is 11.8. The Morgan fingerprint density at radius 1 is 1.38 bits per heavy atom. The van der Waals surface area contributed by atoms with Gasteiger partial charge in [-0.05, 0) is 32.4 Å². The zero-order chi connectivity index (χ0) is 18.1. The number of rotatable bonds is 9. The monoisotopic (exact) mass is 339 g/mol. The summed E-state index contributed by atoms with van der Waals surface area (Å²) in [5.74, 6) is -1.30. The number of anilines is 1. The van der Waals surface area contributed by atoms with Crippen LogP contribution in [0.4, 0.5) is 11.4 Å². The van der Waals surface area contributed by atoms with Crippen molar-refractivity contribution in [3.8, 4) is 0 Å². The van der Waals surface area contributed by atoms with Gasteiger partial charge in [-0.2, -0.15) is 0 Å². The molecule has 1 aromatic carbocycles. The Labute approximate surface area is 139 Å². The Balaban J connectivity index is 2.39. The van der Waals surface area contributed by atoms with Crippen molar-refractivity contribution in [3.63, 3.8) is 0 Å². The van der Waals surface area contributed by atoms with Crippen molar-refractivity contribution in [1.29, 1.82) is 0 Å². The molecule has 24 heavy (non-hydrogen) atoms. The molecule has 3 N–H and O–H groups in total. The van der Waals surface area contributed by atoms with Crippen LogP contribution in [-0.2, 0) is 14.3 Å². The molecule has 0 aliphatic heterocycles. The molecule has 9 nitrogen and oxygen atoms in total. The second-order valence-electron chi connectivity index (χ2n) is 5.23. The number of esters is 1. The summed E-state index contributed by atoms with van der Waals surface area (Å²) in [4.78, 5) is 33.4. The van der Waals surface area contributed by atoms with Gasteiger partial charge in [-0.1, -0.05) is 0 Å². The molecule has 0 heterocycles. The highest BCUT2D eigenvalue weighted by Crippen LogP contribution is 2.22. The van der Waals surface area contributed by atoms with Gasteiger partial charge in [-0.25, -0.2) is 4.79 Å². The first kappa shape index (κ1) is 19.4. The van der Waals surface area contributed by atoms with Crippen LogP contribution in [0.3, 0.4) is 0 Å². The molecule has 1 rings (SSSR count). The molecule has 0 saturated heterocycles. The first-order valence-electron chi connectivity index (χ1n) is 7.40. The average Bonchev–Trinajstić information content (AvgIpc) is 2.52. The number of nitrogen functional groups attached to an aromatic ring is 1. The molecule has 0 aromatic heterocycles. The van der Waals surface area contributed by atoms with Gasteiger partial charge < -0.3 is 20.5 Å². The van der Waals surface area contributed by atoms with Crippen LogP contribution in [-0.4, -0.2) is 42.7 Å². The summed E-state index contributed by atoms with van der Waals surface area (Å²) in [6, 6.07) is 3.55. The van der Waals surface area contributed by atoms with Gasteiger partial charge in [-0.3, -0.25) is 14.9 Å². The number of hydrogen-bond acceptors (Lipinski definition) is 7. The number of nitro groups is 1. The predicted molar refractivity (Wildman–Crippen MR) is 86.5 cm³/mol. The van der Waals surface area contributed by atoms with E-state index in [1.54, 1.807) is 0 Å². The summed E-state index contributed by atoms with van der Waals surface area (Å²) in [5, 5.41) is 13.4. The summed E-state index contributed by atoms with van der Waals surface area (Å²) in [7, 11) is 0. The van der Waals surface area contributed by atoms with Crippen molar-refractivity contribution < 1.29 is 24.0 Å². The minimum atomic E-state index is -0.837. The molecule has 0 fully saturated rings. The lowest BCUT2D eigenvalue weighted by Gasteiger charge is -2.09. The van der Waals surface area contributed by atoms with Crippen molar-refractivity contribution in [2.45, 2.75) is 26.4 Å². The molecule has 0 bridgehead atoms. The fourth-order valence-electron chi connectivity index (χ4n) is 1.71. The smallest absolute Gasteiger partial charge is 0.338 e. The summed E-state index contributed by atoms with van der Waals surface area (Å²) in [5.41, 5.74) is 4.95. The third-order valence-corrected chi connectivity index (χ3v) is 2.89. The first-order valence-corrected chi connectivity index (χ1v) is 7.40. The van der Waals surface area contributed by atoms with E-state index in [9.17, 15) is 19.7 Å². The molecule has 132 valence electrons. The van der Waals surface area contributed by atoms with Gasteiger partial charge in [-0.15, -0.1) is 0 Å². The Morgan fingerprint density at radius 3 is 2.71 bits per heavy atom. The number of benzene rings is 1. The van der Waals surface area contributed by atoms with Crippen molar-refractivity contribution in [3.05, 3.63) is 33.9 Å². The number of hydrogen-bond donors (Lipinski definition) is 2. The molecule has 0 aliphatic carbocycles. The van der Waals surface area contributed by atoms with Gasteiger partial charge in [0.25, 0.3) is 11.6 Å². The van der Waals surface area contributed by atoms with E-state index in [1.807, 2.05) is 13.8 Å². The number of nitrogens with one attached hydrogen (secondary N) is 1. The van der Waals surface area contributed by atoms with Crippen LogP contribution >= 0.6 is 0 Å². The zero-order valence-corrected chi connectivity index (χ0v) is 13.6. The predicted octanol–water partition coefficient (Wildman–Crippen LogP) is 1.27. The first-order chi connectivity index (χ1) is 11.3. The highest BCUT2D eigenvalue weighted by Gasteiger charge is 2.17. The molecular weight excluding hydrogens is 318 g/mol.